The quantitative estimate of drug-likeness (QED) is 0.516. The second kappa shape index (κ2) is 8.71. The van der Waals surface area contributed by atoms with Gasteiger partial charge in [-0.25, -0.2) is 9.59 Å². The Morgan fingerprint density at radius 2 is 1.89 bits per heavy atom. The Labute approximate surface area is 107 Å². The van der Waals surface area contributed by atoms with Gasteiger partial charge in [-0.05, 0) is 20.3 Å². The van der Waals surface area contributed by atoms with Crippen molar-refractivity contribution in [1.82, 2.24) is 10.6 Å². The third-order valence-corrected chi connectivity index (χ3v) is 2.13. The SMILES string of the molecule is COCCCOCCNC(=O)NC(C)(C)C(=O)O. The van der Waals surface area contributed by atoms with E-state index in [1.165, 1.54) is 13.8 Å². The summed E-state index contributed by atoms with van der Waals surface area (Å²) in [6.45, 7) is 4.74. The molecule has 0 spiro atoms. The van der Waals surface area contributed by atoms with Crippen molar-refractivity contribution in [3.8, 4) is 0 Å². The number of hydrogen-bond donors (Lipinski definition) is 3. The first-order valence-corrected chi connectivity index (χ1v) is 5.76. The van der Waals surface area contributed by atoms with E-state index in [4.69, 9.17) is 14.6 Å². The molecule has 0 aromatic heterocycles. The maximum atomic E-state index is 11.3. The van der Waals surface area contributed by atoms with Gasteiger partial charge in [0.1, 0.15) is 5.54 Å². The van der Waals surface area contributed by atoms with Crippen molar-refractivity contribution >= 4 is 12.0 Å². The minimum atomic E-state index is -1.29. The van der Waals surface area contributed by atoms with Crippen molar-refractivity contribution < 1.29 is 24.2 Å². The lowest BCUT2D eigenvalue weighted by molar-refractivity contribution is -0.142. The minimum Gasteiger partial charge on any atom is -0.480 e. The molecule has 0 atom stereocenters. The van der Waals surface area contributed by atoms with Crippen molar-refractivity contribution in [1.29, 1.82) is 0 Å². The van der Waals surface area contributed by atoms with Crippen LogP contribution in [-0.4, -0.2) is 56.1 Å². The molecule has 0 rings (SSSR count). The standard InChI is InChI=1S/C11H22N2O5/c1-11(2,9(14)15)13-10(16)12-5-8-18-7-4-6-17-3/h4-8H2,1-3H3,(H,14,15)(H2,12,13,16). The van der Waals surface area contributed by atoms with Crippen LogP contribution in [0.3, 0.4) is 0 Å². The molecule has 106 valence electrons. The number of carbonyl (C=O) groups is 2. The van der Waals surface area contributed by atoms with Crippen LogP contribution in [0.1, 0.15) is 20.3 Å². The predicted molar refractivity (Wildman–Crippen MR) is 65.6 cm³/mol. The molecular formula is C11H22N2O5. The molecule has 0 aromatic carbocycles. The number of hydrogen-bond acceptors (Lipinski definition) is 4. The summed E-state index contributed by atoms with van der Waals surface area (Å²) in [5.41, 5.74) is -1.29. The van der Waals surface area contributed by atoms with Gasteiger partial charge in [0, 0.05) is 26.9 Å². The average molecular weight is 262 g/mol. The topological polar surface area (TPSA) is 96.9 Å². The van der Waals surface area contributed by atoms with E-state index in [1.54, 1.807) is 7.11 Å². The fourth-order valence-corrected chi connectivity index (χ4v) is 1.03. The summed E-state index contributed by atoms with van der Waals surface area (Å²) in [4.78, 5) is 22.1. The lowest BCUT2D eigenvalue weighted by atomic mass is 10.1. The van der Waals surface area contributed by atoms with E-state index in [1.807, 2.05) is 0 Å². The molecule has 0 unspecified atom stereocenters. The molecule has 18 heavy (non-hydrogen) atoms. The van der Waals surface area contributed by atoms with Crippen LogP contribution < -0.4 is 10.6 Å². The van der Waals surface area contributed by atoms with Crippen molar-refractivity contribution in [2.75, 3.05) is 33.5 Å². The number of urea groups is 1. The van der Waals surface area contributed by atoms with Gasteiger partial charge in [0.05, 0.1) is 6.61 Å². The highest BCUT2D eigenvalue weighted by atomic mass is 16.5. The second-order valence-corrected chi connectivity index (χ2v) is 4.27. The van der Waals surface area contributed by atoms with Crippen LogP contribution in [0.2, 0.25) is 0 Å². The maximum Gasteiger partial charge on any atom is 0.328 e. The molecular weight excluding hydrogens is 240 g/mol. The zero-order valence-electron chi connectivity index (χ0n) is 11.1. The van der Waals surface area contributed by atoms with Gasteiger partial charge in [0.25, 0.3) is 0 Å². The van der Waals surface area contributed by atoms with E-state index >= 15 is 0 Å². The first kappa shape index (κ1) is 16.7. The minimum absolute atomic E-state index is 0.328. The fourth-order valence-electron chi connectivity index (χ4n) is 1.03. The number of rotatable bonds is 9. The van der Waals surface area contributed by atoms with Gasteiger partial charge in [-0.15, -0.1) is 0 Å². The molecule has 3 N–H and O–H groups in total. The van der Waals surface area contributed by atoms with Crippen LogP contribution in [0.15, 0.2) is 0 Å². The highest BCUT2D eigenvalue weighted by Gasteiger charge is 2.28. The van der Waals surface area contributed by atoms with Gasteiger partial charge in [0.2, 0.25) is 0 Å². The summed E-state index contributed by atoms with van der Waals surface area (Å²) < 4.78 is 10.1. The van der Waals surface area contributed by atoms with Crippen molar-refractivity contribution in [3.05, 3.63) is 0 Å². The van der Waals surface area contributed by atoms with Crippen molar-refractivity contribution in [2.45, 2.75) is 25.8 Å². The van der Waals surface area contributed by atoms with E-state index in [0.29, 0.717) is 26.4 Å². The monoisotopic (exact) mass is 262 g/mol. The van der Waals surface area contributed by atoms with Crippen LogP contribution in [-0.2, 0) is 14.3 Å². The van der Waals surface area contributed by atoms with Crippen LogP contribution in [0.4, 0.5) is 4.79 Å². The second-order valence-electron chi connectivity index (χ2n) is 4.27. The van der Waals surface area contributed by atoms with E-state index in [9.17, 15) is 9.59 Å². The number of methoxy groups -OCH3 is 1. The first-order valence-electron chi connectivity index (χ1n) is 5.76. The number of nitrogens with one attached hydrogen (secondary N) is 2. The van der Waals surface area contributed by atoms with Crippen LogP contribution in [0, 0.1) is 0 Å². The molecule has 7 heteroatoms. The molecule has 0 aliphatic carbocycles. The Balaban J connectivity index is 3.57. The van der Waals surface area contributed by atoms with Gasteiger partial charge in [0.15, 0.2) is 0 Å². The number of ether oxygens (including phenoxy) is 2. The Kier molecular flexibility index (Phi) is 8.06. The van der Waals surface area contributed by atoms with Gasteiger partial charge in [-0.1, -0.05) is 0 Å². The Hall–Kier alpha value is -1.34. The summed E-state index contributed by atoms with van der Waals surface area (Å²) in [5.74, 6) is -1.09. The van der Waals surface area contributed by atoms with E-state index in [-0.39, 0.29) is 0 Å². The van der Waals surface area contributed by atoms with Crippen molar-refractivity contribution in [3.63, 3.8) is 0 Å². The molecule has 0 heterocycles. The Bertz CT molecular complexity index is 268. The van der Waals surface area contributed by atoms with Gasteiger partial charge in [-0.2, -0.15) is 0 Å². The molecule has 0 saturated heterocycles. The van der Waals surface area contributed by atoms with Gasteiger partial charge < -0.3 is 25.2 Å². The molecule has 0 aromatic rings. The largest absolute Gasteiger partial charge is 0.480 e. The number of aliphatic carboxylic acids is 1. The molecule has 0 aliphatic rings. The number of carboxylic acids is 1. The lowest BCUT2D eigenvalue weighted by Crippen LogP contribution is -2.53. The van der Waals surface area contributed by atoms with Gasteiger partial charge in [-0.3, -0.25) is 0 Å². The number of amides is 2. The molecule has 0 saturated carbocycles. The molecule has 0 fully saturated rings. The highest BCUT2D eigenvalue weighted by Crippen LogP contribution is 2.00. The predicted octanol–water partition coefficient (Wildman–Crippen LogP) is 0.202. The molecule has 0 bridgehead atoms. The Morgan fingerprint density at radius 3 is 2.44 bits per heavy atom. The van der Waals surface area contributed by atoms with Crippen molar-refractivity contribution in [2.24, 2.45) is 0 Å². The summed E-state index contributed by atoms with van der Waals surface area (Å²) >= 11 is 0. The summed E-state index contributed by atoms with van der Waals surface area (Å²) in [7, 11) is 1.62. The average Bonchev–Trinajstić information content (AvgIpc) is 2.27. The zero-order valence-corrected chi connectivity index (χ0v) is 11.1. The maximum absolute atomic E-state index is 11.3. The number of carboxylic acid groups (broad SMARTS) is 1. The van der Waals surface area contributed by atoms with E-state index in [0.717, 1.165) is 6.42 Å². The molecule has 2 amide bonds. The molecule has 7 nitrogen and oxygen atoms in total. The third kappa shape index (κ3) is 7.86. The summed E-state index contributed by atoms with van der Waals surface area (Å²) in [6, 6.07) is -0.525. The fraction of sp³-hybridized carbons (Fsp3) is 0.818. The summed E-state index contributed by atoms with van der Waals surface area (Å²) in [6.07, 6.45) is 0.800. The molecule has 0 radical (unpaired) electrons. The highest BCUT2D eigenvalue weighted by molar-refractivity contribution is 5.85. The van der Waals surface area contributed by atoms with Crippen LogP contribution in [0.25, 0.3) is 0 Å². The van der Waals surface area contributed by atoms with E-state index < -0.39 is 17.5 Å². The smallest absolute Gasteiger partial charge is 0.328 e. The lowest BCUT2D eigenvalue weighted by Gasteiger charge is -2.21. The number of carbonyl (C=O) groups excluding carboxylic acids is 1. The van der Waals surface area contributed by atoms with Crippen LogP contribution >= 0.6 is 0 Å². The van der Waals surface area contributed by atoms with Gasteiger partial charge >= 0.3 is 12.0 Å². The Morgan fingerprint density at radius 1 is 1.22 bits per heavy atom. The zero-order chi connectivity index (χ0) is 14.0. The first-order chi connectivity index (χ1) is 8.40. The summed E-state index contributed by atoms with van der Waals surface area (Å²) in [5, 5.41) is 13.7. The third-order valence-electron chi connectivity index (χ3n) is 2.13. The van der Waals surface area contributed by atoms with Crippen LogP contribution in [0.5, 0.6) is 0 Å². The van der Waals surface area contributed by atoms with E-state index in [2.05, 4.69) is 10.6 Å². The molecule has 0 aliphatic heterocycles. The normalized spacial score (nSPS) is 11.1.